The van der Waals surface area contributed by atoms with E-state index in [0.717, 1.165) is 12.1 Å². The number of halogens is 2. The number of amides is 1. The zero-order valence-electron chi connectivity index (χ0n) is 9.18. The lowest BCUT2D eigenvalue weighted by Crippen LogP contribution is -2.33. The van der Waals surface area contributed by atoms with Gasteiger partial charge >= 0.3 is 5.97 Å². The van der Waals surface area contributed by atoms with Crippen LogP contribution in [0.25, 0.3) is 0 Å². The van der Waals surface area contributed by atoms with Crippen LogP contribution in [0, 0.1) is 0 Å². The fourth-order valence-corrected chi connectivity index (χ4v) is 2.97. The number of sulfonamides is 1. The molecule has 0 atom stereocenters. The van der Waals surface area contributed by atoms with Gasteiger partial charge in [0.25, 0.3) is 0 Å². The highest BCUT2D eigenvalue weighted by atomic mass is 79.9. The first-order valence-electron chi connectivity index (χ1n) is 4.65. The molecule has 0 aliphatic rings. The smallest absolute Gasteiger partial charge is 0.337 e. The molecule has 0 aliphatic heterocycles. The van der Waals surface area contributed by atoms with Gasteiger partial charge in [-0.1, -0.05) is 11.6 Å². The predicted octanol–water partition coefficient (Wildman–Crippen LogP) is 0.564. The lowest BCUT2D eigenvalue weighted by atomic mass is 10.2. The Morgan fingerprint density at radius 2 is 2.00 bits per heavy atom. The zero-order valence-corrected chi connectivity index (χ0v) is 12.3. The molecule has 7 nitrogen and oxygen atoms in total. The van der Waals surface area contributed by atoms with Crippen molar-refractivity contribution in [3.8, 4) is 0 Å². The van der Waals surface area contributed by atoms with Gasteiger partial charge in [0.05, 0.1) is 22.0 Å². The largest absolute Gasteiger partial charge is 0.478 e. The molecular formula is C9H8BrClN2O5S. The summed E-state index contributed by atoms with van der Waals surface area (Å²) in [4.78, 5) is 21.1. The maximum Gasteiger partial charge on any atom is 0.337 e. The zero-order chi connectivity index (χ0) is 14.8. The van der Waals surface area contributed by atoms with Crippen molar-refractivity contribution in [2.75, 3.05) is 6.54 Å². The maximum atomic E-state index is 11.8. The summed E-state index contributed by atoms with van der Waals surface area (Å²) >= 11 is 8.68. The van der Waals surface area contributed by atoms with E-state index < -0.39 is 28.4 Å². The highest BCUT2D eigenvalue weighted by Gasteiger charge is 2.21. The Morgan fingerprint density at radius 3 is 2.47 bits per heavy atom. The van der Waals surface area contributed by atoms with Crippen LogP contribution in [0.5, 0.6) is 0 Å². The second kappa shape index (κ2) is 5.87. The molecule has 104 valence electrons. The normalized spacial score (nSPS) is 11.3. The summed E-state index contributed by atoms with van der Waals surface area (Å²) in [5, 5.41) is 8.78. The van der Waals surface area contributed by atoms with Crippen LogP contribution < -0.4 is 10.5 Å². The molecule has 0 aliphatic carbocycles. The Morgan fingerprint density at radius 1 is 1.42 bits per heavy atom. The molecule has 1 rings (SSSR count). The highest BCUT2D eigenvalue weighted by Crippen LogP contribution is 2.29. The number of carbonyl (C=O) groups excluding carboxylic acids is 1. The standard InChI is InChI=1S/C9H8BrClN2O5S/c10-6-2-4(1-5(8(6)11)9(15)16)19(17,18)13-3-7(12)14/h1-2,13H,3H2,(H2,12,14)(H,15,16). The number of hydrogen-bond acceptors (Lipinski definition) is 4. The van der Waals surface area contributed by atoms with Crippen molar-refractivity contribution in [2.24, 2.45) is 5.73 Å². The first-order valence-corrected chi connectivity index (χ1v) is 7.31. The van der Waals surface area contributed by atoms with E-state index in [4.69, 9.17) is 22.4 Å². The van der Waals surface area contributed by atoms with Gasteiger partial charge in [0.15, 0.2) is 0 Å². The number of nitrogens with two attached hydrogens (primary N) is 1. The third-order valence-corrected chi connectivity index (χ3v) is 4.62. The molecule has 0 spiro atoms. The minimum absolute atomic E-state index is 0.105. The summed E-state index contributed by atoms with van der Waals surface area (Å²) < 4.78 is 25.6. The second-order valence-electron chi connectivity index (χ2n) is 3.36. The van der Waals surface area contributed by atoms with E-state index in [9.17, 15) is 18.0 Å². The number of primary amides is 1. The monoisotopic (exact) mass is 370 g/mol. The van der Waals surface area contributed by atoms with Crippen LogP contribution in [0.4, 0.5) is 0 Å². The fourth-order valence-electron chi connectivity index (χ4n) is 1.12. The Balaban J connectivity index is 3.28. The molecule has 0 saturated carbocycles. The minimum Gasteiger partial charge on any atom is -0.478 e. The molecule has 0 bridgehead atoms. The lowest BCUT2D eigenvalue weighted by molar-refractivity contribution is -0.116. The molecule has 10 heteroatoms. The molecule has 0 radical (unpaired) electrons. The van der Waals surface area contributed by atoms with Crippen molar-refractivity contribution in [3.63, 3.8) is 0 Å². The minimum atomic E-state index is -4.05. The van der Waals surface area contributed by atoms with Crippen molar-refractivity contribution in [1.82, 2.24) is 4.72 Å². The summed E-state index contributed by atoms with van der Waals surface area (Å²) in [7, 11) is -4.05. The molecule has 0 aromatic heterocycles. The molecule has 1 amide bonds. The molecule has 19 heavy (non-hydrogen) atoms. The molecule has 0 saturated heterocycles. The van der Waals surface area contributed by atoms with E-state index in [1.165, 1.54) is 0 Å². The molecule has 4 N–H and O–H groups in total. The second-order valence-corrected chi connectivity index (χ2v) is 6.36. The summed E-state index contributed by atoms with van der Waals surface area (Å²) in [5.74, 6) is -2.24. The number of rotatable bonds is 5. The Labute approximate surface area is 121 Å². The summed E-state index contributed by atoms with van der Waals surface area (Å²) in [6, 6.07) is 2.01. The Bertz CT molecular complexity index is 646. The summed E-state index contributed by atoms with van der Waals surface area (Å²) in [5.41, 5.74) is 4.44. The Kier molecular flexibility index (Phi) is 4.91. The Hall–Kier alpha value is -1.16. The van der Waals surface area contributed by atoms with Crippen LogP contribution in [0.3, 0.4) is 0 Å². The van der Waals surface area contributed by atoms with Gasteiger partial charge < -0.3 is 10.8 Å². The molecule has 0 fully saturated rings. The van der Waals surface area contributed by atoms with Gasteiger partial charge in [-0.15, -0.1) is 0 Å². The van der Waals surface area contributed by atoms with E-state index in [1.54, 1.807) is 0 Å². The van der Waals surface area contributed by atoms with E-state index in [1.807, 2.05) is 4.72 Å². The van der Waals surface area contributed by atoms with Crippen molar-refractivity contribution in [2.45, 2.75) is 4.90 Å². The van der Waals surface area contributed by atoms with Gasteiger partial charge in [0.2, 0.25) is 15.9 Å². The van der Waals surface area contributed by atoms with Gasteiger partial charge in [-0.2, -0.15) is 0 Å². The van der Waals surface area contributed by atoms with Crippen LogP contribution in [0.1, 0.15) is 10.4 Å². The molecule has 0 heterocycles. The molecule has 1 aromatic carbocycles. The quantitative estimate of drug-likeness (QED) is 0.697. The average Bonchev–Trinajstić information content (AvgIpc) is 2.29. The topological polar surface area (TPSA) is 127 Å². The number of benzene rings is 1. The molecule has 0 unspecified atom stereocenters. The van der Waals surface area contributed by atoms with Gasteiger partial charge in [-0.05, 0) is 28.1 Å². The van der Waals surface area contributed by atoms with Crippen molar-refractivity contribution in [1.29, 1.82) is 0 Å². The van der Waals surface area contributed by atoms with Crippen LogP contribution in [-0.2, 0) is 14.8 Å². The van der Waals surface area contributed by atoms with Crippen molar-refractivity contribution >= 4 is 49.4 Å². The van der Waals surface area contributed by atoms with Crippen LogP contribution in [-0.4, -0.2) is 31.9 Å². The maximum absolute atomic E-state index is 11.8. The number of carboxylic acid groups (broad SMARTS) is 1. The number of carboxylic acids is 1. The first kappa shape index (κ1) is 15.9. The van der Waals surface area contributed by atoms with E-state index in [-0.39, 0.29) is 20.0 Å². The van der Waals surface area contributed by atoms with Gasteiger partial charge in [-0.25, -0.2) is 17.9 Å². The van der Waals surface area contributed by atoms with E-state index in [0.29, 0.717) is 0 Å². The molecule has 1 aromatic rings. The molecular weight excluding hydrogens is 364 g/mol. The van der Waals surface area contributed by atoms with Crippen molar-refractivity contribution in [3.05, 3.63) is 27.2 Å². The van der Waals surface area contributed by atoms with E-state index in [2.05, 4.69) is 15.9 Å². The van der Waals surface area contributed by atoms with E-state index >= 15 is 0 Å². The number of carbonyl (C=O) groups is 2. The number of nitrogens with one attached hydrogen (secondary N) is 1. The SMILES string of the molecule is NC(=O)CNS(=O)(=O)c1cc(Br)c(Cl)c(C(=O)O)c1. The average molecular weight is 372 g/mol. The summed E-state index contributed by atoms with van der Waals surface area (Å²) in [6.45, 7) is -0.592. The van der Waals surface area contributed by atoms with Gasteiger partial charge in [0, 0.05) is 4.47 Å². The predicted molar refractivity (Wildman–Crippen MR) is 70.5 cm³/mol. The third-order valence-electron chi connectivity index (χ3n) is 1.98. The van der Waals surface area contributed by atoms with Crippen LogP contribution in [0.2, 0.25) is 5.02 Å². The van der Waals surface area contributed by atoms with Crippen LogP contribution >= 0.6 is 27.5 Å². The lowest BCUT2D eigenvalue weighted by Gasteiger charge is -2.08. The third kappa shape index (κ3) is 3.90. The van der Waals surface area contributed by atoms with Gasteiger partial charge in [-0.3, -0.25) is 4.79 Å². The van der Waals surface area contributed by atoms with Crippen molar-refractivity contribution < 1.29 is 23.1 Å². The van der Waals surface area contributed by atoms with Gasteiger partial charge in [0.1, 0.15) is 0 Å². The number of aromatic carboxylic acids is 1. The fraction of sp³-hybridized carbons (Fsp3) is 0.111. The van der Waals surface area contributed by atoms with Crippen LogP contribution in [0.15, 0.2) is 21.5 Å². The highest BCUT2D eigenvalue weighted by molar-refractivity contribution is 9.10. The number of hydrogen-bond donors (Lipinski definition) is 3. The summed E-state index contributed by atoms with van der Waals surface area (Å²) in [6.07, 6.45) is 0. The first-order chi connectivity index (χ1) is 8.65.